The first-order valence-electron chi connectivity index (χ1n) is 13.3. The Balaban J connectivity index is 1.40. The van der Waals surface area contributed by atoms with Gasteiger partial charge < -0.3 is 11.6 Å². The summed E-state index contributed by atoms with van der Waals surface area (Å²) < 4.78 is 0. The van der Waals surface area contributed by atoms with Gasteiger partial charge >= 0.3 is 0 Å². The molecule has 3 heteroatoms. The smallest absolute Gasteiger partial charge is 0.119 e. The first-order chi connectivity index (χ1) is 14.3. The van der Waals surface area contributed by atoms with E-state index in [1.54, 1.807) is 0 Å². The molecule has 3 nitrogen and oxygen atoms in total. The predicted octanol–water partition coefficient (Wildman–Crippen LogP) is 6.71. The van der Waals surface area contributed by atoms with Crippen LogP contribution in [-0.2, 0) is 0 Å². The standard InChI is InChI=1S/C27H49N3/c1-18-13-15-26(3)20(17-18)9-10-21-23-12-11-22(27(23,4)16-14-24(21)26)19(2)7-5-6-8-25(28)30-29/h18-24H,5-17,29H2,1-4H3,(H2,28,30)/t18?,19?,20?,21?,22?,23?,24?,26?,27-/m0/s1. The molecule has 9 atom stereocenters. The summed E-state index contributed by atoms with van der Waals surface area (Å²) in [6.45, 7) is 10.5. The van der Waals surface area contributed by atoms with Gasteiger partial charge in [-0.15, -0.1) is 0 Å². The number of hydrazone groups is 1. The Morgan fingerprint density at radius 1 is 0.967 bits per heavy atom. The van der Waals surface area contributed by atoms with Crippen molar-refractivity contribution >= 4 is 5.84 Å². The zero-order valence-corrected chi connectivity index (χ0v) is 20.3. The van der Waals surface area contributed by atoms with Gasteiger partial charge in [0.1, 0.15) is 5.84 Å². The number of nitrogens with zero attached hydrogens (tertiary/aromatic N) is 1. The predicted molar refractivity (Wildman–Crippen MR) is 128 cm³/mol. The molecule has 30 heavy (non-hydrogen) atoms. The van der Waals surface area contributed by atoms with Crippen LogP contribution in [-0.4, -0.2) is 5.84 Å². The Morgan fingerprint density at radius 3 is 2.47 bits per heavy atom. The van der Waals surface area contributed by atoms with Gasteiger partial charge in [-0.3, -0.25) is 0 Å². The highest BCUT2D eigenvalue weighted by atomic mass is 15.1. The number of unbranched alkanes of at least 4 members (excludes halogenated alkanes) is 1. The molecule has 0 aromatic rings. The Labute approximate surface area is 186 Å². The van der Waals surface area contributed by atoms with Crippen molar-refractivity contribution < 1.29 is 0 Å². The molecule has 4 fully saturated rings. The van der Waals surface area contributed by atoms with Crippen LogP contribution in [0.1, 0.15) is 111 Å². The first-order valence-corrected chi connectivity index (χ1v) is 13.3. The van der Waals surface area contributed by atoms with E-state index in [1.807, 2.05) is 0 Å². The van der Waals surface area contributed by atoms with Gasteiger partial charge in [-0.1, -0.05) is 47.0 Å². The van der Waals surface area contributed by atoms with Crippen LogP contribution in [0, 0.1) is 52.3 Å². The molecule has 0 amide bonds. The summed E-state index contributed by atoms with van der Waals surface area (Å²) in [7, 11) is 0. The molecule has 4 aliphatic rings. The van der Waals surface area contributed by atoms with Crippen LogP contribution < -0.4 is 11.6 Å². The van der Waals surface area contributed by atoms with Crippen molar-refractivity contribution in [1.29, 1.82) is 0 Å². The Hall–Kier alpha value is -0.730. The molecule has 0 heterocycles. The van der Waals surface area contributed by atoms with Gasteiger partial charge in [0.2, 0.25) is 0 Å². The van der Waals surface area contributed by atoms with Crippen LogP contribution in [0.2, 0.25) is 0 Å². The van der Waals surface area contributed by atoms with Crippen molar-refractivity contribution in [3.8, 4) is 0 Å². The third-order valence-electron chi connectivity index (χ3n) is 11.2. The van der Waals surface area contributed by atoms with Crippen molar-refractivity contribution in [2.75, 3.05) is 0 Å². The summed E-state index contributed by atoms with van der Waals surface area (Å²) in [5.74, 6) is 12.7. The Kier molecular flexibility index (Phi) is 6.48. The SMILES string of the molecule is CC1CCC2(C)C(CCC3C2CC[C@@]2(C)C(C(C)CCCC/C(N)=N/N)CCC32)C1. The molecule has 4 rings (SSSR count). The van der Waals surface area contributed by atoms with Gasteiger partial charge in [-0.2, -0.15) is 5.10 Å². The van der Waals surface area contributed by atoms with Gasteiger partial charge in [0.25, 0.3) is 0 Å². The first kappa shape index (κ1) is 22.5. The van der Waals surface area contributed by atoms with E-state index in [0.29, 0.717) is 16.7 Å². The second-order valence-electron chi connectivity index (χ2n) is 12.6. The van der Waals surface area contributed by atoms with Crippen LogP contribution in [0.5, 0.6) is 0 Å². The maximum Gasteiger partial charge on any atom is 0.119 e. The van der Waals surface area contributed by atoms with Crippen molar-refractivity contribution in [2.24, 2.45) is 68.9 Å². The van der Waals surface area contributed by atoms with E-state index in [1.165, 1.54) is 70.6 Å². The quantitative estimate of drug-likeness (QED) is 0.166. The summed E-state index contributed by atoms with van der Waals surface area (Å²) in [6, 6.07) is 0. The highest BCUT2D eigenvalue weighted by Gasteiger charge is 2.60. The van der Waals surface area contributed by atoms with E-state index < -0.39 is 0 Å². The van der Waals surface area contributed by atoms with E-state index >= 15 is 0 Å². The molecular formula is C27H49N3. The summed E-state index contributed by atoms with van der Waals surface area (Å²) in [6.07, 6.45) is 18.2. The molecule has 172 valence electrons. The highest BCUT2D eigenvalue weighted by molar-refractivity contribution is 5.79. The van der Waals surface area contributed by atoms with Crippen LogP contribution in [0.4, 0.5) is 0 Å². The summed E-state index contributed by atoms with van der Waals surface area (Å²) in [5.41, 5.74) is 7.03. The molecule has 0 aromatic heterocycles. The highest BCUT2D eigenvalue weighted by Crippen LogP contribution is 2.68. The molecule has 0 bridgehead atoms. The van der Waals surface area contributed by atoms with Gasteiger partial charge in [0.05, 0.1) is 0 Å². The number of amidine groups is 1. The fourth-order valence-electron chi connectivity index (χ4n) is 9.49. The third-order valence-corrected chi connectivity index (χ3v) is 11.2. The molecule has 4 aliphatic carbocycles. The van der Waals surface area contributed by atoms with Crippen molar-refractivity contribution in [1.82, 2.24) is 0 Å². The topological polar surface area (TPSA) is 64.4 Å². The number of hydrogen-bond acceptors (Lipinski definition) is 2. The summed E-state index contributed by atoms with van der Waals surface area (Å²) in [4.78, 5) is 0. The molecule has 0 radical (unpaired) electrons. The van der Waals surface area contributed by atoms with Gasteiger partial charge in [-0.05, 0) is 110 Å². The van der Waals surface area contributed by atoms with E-state index in [-0.39, 0.29) is 0 Å². The van der Waals surface area contributed by atoms with Crippen molar-refractivity contribution in [3.63, 3.8) is 0 Å². The molecule has 0 aliphatic heterocycles. The van der Waals surface area contributed by atoms with Crippen LogP contribution in [0.3, 0.4) is 0 Å². The Morgan fingerprint density at radius 2 is 1.70 bits per heavy atom. The second kappa shape index (κ2) is 8.66. The van der Waals surface area contributed by atoms with Crippen LogP contribution >= 0.6 is 0 Å². The number of hydrogen-bond donors (Lipinski definition) is 2. The lowest BCUT2D eigenvalue weighted by atomic mass is 9.44. The molecule has 8 unspecified atom stereocenters. The molecule has 4 saturated carbocycles. The number of rotatable bonds is 6. The molecule has 0 saturated heterocycles. The molecular weight excluding hydrogens is 366 g/mol. The van der Waals surface area contributed by atoms with Crippen molar-refractivity contribution in [3.05, 3.63) is 0 Å². The van der Waals surface area contributed by atoms with E-state index in [2.05, 4.69) is 32.8 Å². The van der Waals surface area contributed by atoms with Gasteiger partial charge in [-0.25, -0.2) is 0 Å². The van der Waals surface area contributed by atoms with E-state index in [4.69, 9.17) is 11.6 Å². The summed E-state index contributed by atoms with van der Waals surface area (Å²) >= 11 is 0. The minimum atomic E-state index is 0.601. The number of fused-ring (bicyclic) bond motifs is 5. The van der Waals surface area contributed by atoms with Gasteiger partial charge in [0.15, 0.2) is 0 Å². The zero-order chi connectivity index (χ0) is 21.5. The van der Waals surface area contributed by atoms with E-state index in [9.17, 15) is 0 Å². The normalized spacial score (nSPS) is 47.3. The zero-order valence-electron chi connectivity index (χ0n) is 20.3. The van der Waals surface area contributed by atoms with E-state index in [0.717, 1.165) is 54.3 Å². The fraction of sp³-hybridized carbons (Fsp3) is 0.963. The second-order valence-corrected chi connectivity index (χ2v) is 12.6. The van der Waals surface area contributed by atoms with Crippen LogP contribution in [0.15, 0.2) is 5.10 Å². The average molecular weight is 416 g/mol. The maximum absolute atomic E-state index is 5.77. The minimum absolute atomic E-state index is 0.601. The lowest BCUT2D eigenvalue weighted by molar-refractivity contribution is -0.120. The van der Waals surface area contributed by atoms with Crippen molar-refractivity contribution in [2.45, 2.75) is 111 Å². The maximum atomic E-state index is 5.77. The molecule has 0 spiro atoms. The third kappa shape index (κ3) is 3.81. The van der Waals surface area contributed by atoms with Gasteiger partial charge in [0, 0.05) is 6.42 Å². The molecule has 0 aromatic carbocycles. The lowest BCUT2D eigenvalue weighted by Crippen LogP contribution is -2.53. The molecule has 4 N–H and O–H groups in total. The largest absolute Gasteiger partial charge is 0.386 e. The fourth-order valence-corrected chi connectivity index (χ4v) is 9.49. The monoisotopic (exact) mass is 415 g/mol. The number of nitrogens with two attached hydrogens (primary N) is 2. The van der Waals surface area contributed by atoms with Crippen LogP contribution in [0.25, 0.3) is 0 Å². The minimum Gasteiger partial charge on any atom is -0.386 e. The lowest BCUT2D eigenvalue weighted by Gasteiger charge is -2.61. The summed E-state index contributed by atoms with van der Waals surface area (Å²) in [5, 5.41) is 3.62. The average Bonchev–Trinajstić information content (AvgIpc) is 3.08. The Bertz CT molecular complexity index is 630.